The number of aromatic nitrogens is 3. The van der Waals surface area contributed by atoms with Crippen molar-refractivity contribution in [1.29, 1.82) is 0 Å². The number of amides is 1. The van der Waals surface area contributed by atoms with Crippen LogP contribution in [-0.2, 0) is 13.0 Å². The summed E-state index contributed by atoms with van der Waals surface area (Å²) in [6, 6.07) is 11.0. The van der Waals surface area contributed by atoms with E-state index in [1.807, 2.05) is 12.1 Å². The van der Waals surface area contributed by atoms with Gasteiger partial charge in [-0.25, -0.2) is 4.98 Å². The van der Waals surface area contributed by atoms with Crippen molar-refractivity contribution < 1.29 is 4.79 Å². The van der Waals surface area contributed by atoms with Crippen molar-refractivity contribution in [3.8, 4) is 0 Å². The number of anilines is 1. The fourth-order valence-corrected chi connectivity index (χ4v) is 4.29. The predicted molar refractivity (Wildman–Crippen MR) is 121 cm³/mol. The molecule has 0 bridgehead atoms. The molecule has 0 unspecified atom stereocenters. The highest BCUT2D eigenvalue weighted by atomic mass is 32.1. The van der Waals surface area contributed by atoms with Gasteiger partial charge < -0.3 is 4.98 Å². The number of allylic oxidation sites excluding steroid dienone is 1. The standard InChI is InChI=1S/C21H18N4O2S2/c1-3-9-25-19(27)14-7-6-13(11-16(14)23-21(25)28)18(26)24-20-22-15-8-5-12(4-2)10-17(15)29-20/h3,5-8,10-11H,1,4,9H2,2H3,(H,23,28)(H,22,24,26). The zero-order valence-corrected chi connectivity index (χ0v) is 17.3. The molecule has 0 radical (unpaired) electrons. The van der Waals surface area contributed by atoms with Crippen LogP contribution >= 0.6 is 23.6 Å². The third-order valence-corrected chi connectivity index (χ3v) is 5.89. The molecular weight excluding hydrogens is 404 g/mol. The Morgan fingerprint density at radius 1 is 1.34 bits per heavy atom. The van der Waals surface area contributed by atoms with Crippen molar-refractivity contribution in [2.45, 2.75) is 19.9 Å². The van der Waals surface area contributed by atoms with Crippen LogP contribution in [0.5, 0.6) is 0 Å². The molecule has 2 N–H and O–H groups in total. The van der Waals surface area contributed by atoms with Crippen LogP contribution in [0.15, 0.2) is 53.8 Å². The average Bonchev–Trinajstić information content (AvgIpc) is 3.11. The number of hydrogen-bond donors (Lipinski definition) is 2. The highest BCUT2D eigenvalue weighted by Crippen LogP contribution is 2.27. The number of rotatable bonds is 5. The second-order valence-electron chi connectivity index (χ2n) is 6.52. The molecule has 4 rings (SSSR count). The molecule has 2 aromatic heterocycles. The van der Waals surface area contributed by atoms with E-state index in [2.05, 4.69) is 34.9 Å². The number of fused-ring (bicyclic) bond motifs is 2. The Bertz CT molecular complexity index is 1380. The van der Waals surface area contributed by atoms with Gasteiger partial charge in [0.2, 0.25) is 0 Å². The lowest BCUT2D eigenvalue weighted by Crippen LogP contribution is -2.22. The molecule has 0 atom stereocenters. The van der Waals surface area contributed by atoms with Crippen molar-refractivity contribution in [2.75, 3.05) is 5.32 Å². The van der Waals surface area contributed by atoms with Gasteiger partial charge in [-0.2, -0.15) is 0 Å². The second kappa shape index (κ2) is 7.73. The quantitative estimate of drug-likeness (QED) is 0.362. The SMILES string of the molecule is C=CCn1c(=S)[nH]c2cc(C(=O)Nc3nc4ccc(CC)cc4s3)ccc2c1=O. The zero-order chi connectivity index (χ0) is 20.5. The summed E-state index contributed by atoms with van der Waals surface area (Å²) in [4.78, 5) is 32.8. The minimum absolute atomic E-state index is 0.214. The van der Waals surface area contributed by atoms with E-state index in [4.69, 9.17) is 12.2 Å². The Balaban J connectivity index is 1.66. The number of nitrogens with one attached hydrogen (secondary N) is 2. The number of H-pyrrole nitrogens is 1. The Morgan fingerprint density at radius 3 is 2.93 bits per heavy atom. The molecule has 29 heavy (non-hydrogen) atoms. The van der Waals surface area contributed by atoms with E-state index < -0.39 is 0 Å². The highest BCUT2D eigenvalue weighted by molar-refractivity contribution is 7.71. The number of aromatic amines is 1. The first-order valence-corrected chi connectivity index (χ1v) is 10.3. The molecule has 146 valence electrons. The van der Waals surface area contributed by atoms with Crippen LogP contribution in [0, 0.1) is 4.77 Å². The van der Waals surface area contributed by atoms with Crippen LogP contribution in [0.25, 0.3) is 21.1 Å². The van der Waals surface area contributed by atoms with Gasteiger partial charge >= 0.3 is 0 Å². The first kappa shape index (κ1) is 19.2. The zero-order valence-electron chi connectivity index (χ0n) is 15.7. The Hall–Kier alpha value is -3.10. The van der Waals surface area contributed by atoms with Gasteiger partial charge in [0.25, 0.3) is 11.5 Å². The number of hydrogen-bond acceptors (Lipinski definition) is 5. The third kappa shape index (κ3) is 3.64. The average molecular weight is 423 g/mol. The summed E-state index contributed by atoms with van der Waals surface area (Å²) >= 11 is 6.69. The molecule has 0 fully saturated rings. The first-order valence-electron chi connectivity index (χ1n) is 9.08. The topological polar surface area (TPSA) is 79.8 Å². The molecule has 8 heteroatoms. The van der Waals surface area contributed by atoms with Crippen LogP contribution in [0.2, 0.25) is 0 Å². The molecule has 1 amide bonds. The molecule has 4 aromatic rings. The summed E-state index contributed by atoms with van der Waals surface area (Å²) in [6.07, 6.45) is 2.56. The molecule has 2 aromatic carbocycles. The lowest BCUT2D eigenvalue weighted by atomic mass is 10.1. The highest BCUT2D eigenvalue weighted by Gasteiger charge is 2.13. The van der Waals surface area contributed by atoms with Crippen LogP contribution in [0.4, 0.5) is 5.13 Å². The molecule has 6 nitrogen and oxygen atoms in total. The normalized spacial score (nSPS) is 11.1. The van der Waals surface area contributed by atoms with E-state index >= 15 is 0 Å². The maximum Gasteiger partial charge on any atom is 0.262 e. The fraction of sp³-hybridized carbons (Fsp3) is 0.143. The minimum atomic E-state index is -0.295. The number of nitrogens with zero attached hydrogens (tertiary/aromatic N) is 2. The fourth-order valence-electron chi connectivity index (χ4n) is 3.10. The summed E-state index contributed by atoms with van der Waals surface area (Å²) in [5.41, 5.74) is 2.80. The van der Waals surface area contributed by atoms with Crippen LogP contribution in [0.3, 0.4) is 0 Å². The molecule has 2 heterocycles. The number of carbonyl (C=O) groups excluding carboxylic acids is 1. The Kier molecular flexibility index (Phi) is 5.12. The van der Waals surface area contributed by atoms with Gasteiger partial charge in [0, 0.05) is 12.1 Å². The molecule has 0 saturated heterocycles. The third-order valence-electron chi connectivity index (χ3n) is 4.64. The van der Waals surface area contributed by atoms with Gasteiger partial charge in [-0.3, -0.25) is 19.5 Å². The number of thiazole rings is 1. The van der Waals surface area contributed by atoms with E-state index in [1.165, 1.54) is 21.5 Å². The van der Waals surface area contributed by atoms with Crippen molar-refractivity contribution in [2.24, 2.45) is 0 Å². The Labute approximate surface area is 175 Å². The Morgan fingerprint density at radius 2 is 2.17 bits per heavy atom. The molecule has 0 saturated carbocycles. The van der Waals surface area contributed by atoms with Crippen LogP contribution < -0.4 is 10.9 Å². The monoisotopic (exact) mass is 422 g/mol. The maximum atomic E-state index is 12.7. The molecule has 0 aliphatic rings. The van der Waals surface area contributed by atoms with E-state index in [0.717, 1.165) is 16.6 Å². The lowest BCUT2D eigenvalue weighted by molar-refractivity contribution is 0.102. The lowest BCUT2D eigenvalue weighted by Gasteiger charge is -2.07. The van der Waals surface area contributed by atoms with Gasteiger partial charge in [0.15, 0.2) is 9.90 Å². The van der Waals surface area contributed by atoms with Gasteiger partial charge in [0.05, 0.1) is 21.1 Å². The van der Waals surface area contributed by atoms with Crippen LogP contribution in [-0.4, -0.2) is 20.4 Å². The summed E-state index contributed by atoms with van der Waals surface area (Å²) < 4.78 is 2.75. The summed E-state index contributed by atoms with van der Waals surface area (Å²) in [5, 5.41) is 3.84. The molecule has 0 aliphatic heterocycles. The second-order valence-corrected chi connectivity index (χ2v) is 7.94. The van der Waals surface area contributed by atoms with Gasteiger partial charge in [-0.1, -0.05) is 30.4 Å². The number of benzene rings is 2. The van der Waals surface area contributed by atoms with E-state index in [1.54, 1.807) is 24.3 Å². The van der Waals surface area contributed by atoms with E-state index in [-0.39, 0.29) is 16.2 Å². The van der Waals surface area contributed by atoms with E-state index in [0.29, 0.717) is 28.1 Å². The molecular formula is C21H18N4O2S2. The summed E-state index contributed by atoms with van der Waals surface area (Å²) in [7, 11) is 0. The molecule has 0 aliphatic carbocycles. The predicted octanol–water partition coefficient (Wildman–Crippen LogP) is 4.67. The van der Waals surface area contributed by atoms with Gasteiger partial charge in [0.1, 0.15) is 0 Å². The summed E-state index contributed by atoms with van der Waals surface area (Å²) in [6.45, 7) is 6.07. The van der Waals surface area contributed by atoms with Gasteiger partial charge in [-0.05, 0) is 54.5 Å². The largest absolute Gasteiger partial charge is 0.332 e. The van der Waals surface area contributed by atoms with Crippen LogP contribution in [0.1, 0.15) is 22.8 Å². The smallest absolute Gasteiger partial charge is 0.262 e. The van der Waals surface area contributed by atoms with Gasteiger partial charge in [-0.15, -0.1) is 6.58 Å². The van der Waals surface area contributed by atoms with Crippen molar-refractivity contribution in [1.82, 2.24) is 14.5 Å². The number of aryl methyl sites for hydroxylation is 1. The summed E-state index contributed by atoms with van der Waals surface area (Å²) in [5.74, 6) is -0.295. The van der Waals surface area contributed by atoms with Crippen molar-refractivity contribution in [3.05, 3.63) is 75.3 Å². The maximum absolute atomic E-state index is 12.7. The van der Waals surface area contributed by atoms with Crippen molar-refractivity contribution in [3.63, 3.8) is 0 Å². The number of carbonyl (C=O) groups is 1. The van der Waals surface area contributed by atoms with E-state index in [9.17, 15) is 9.59 Å². The minimum Gasteiger partial charge on any atom is -0.332 e. The first-order chi connectivity index (χ1) is 14.0. The van der Waals surface area contributed by atoms with Crippen molar-refractivity contribution >= 4 is 55.7 Å². The molecule has 0 spiro atoms.